The van der Waals surface area contributed by atoms with Gasteiger partial charge in [0.15, 0.2) is 0 Å². The van der Waals surface area contributed by atoms with Crippen LogP contribution in [-0.2, 0) is 0 Å². The van der Waals surface area contributed by atoms with Crippen molar-refractivity contribution < 1.29 is 0 Å². The van der Waals surface area contributed by atoms with Crippen LogP contribution < -0.4 is 5.32 Å². The molecule has 0 amide bonds. The fourth-order valence-corrected chi connectivity index (χ4v) is 2.27. The molecule has 10 heavy (non-hydrogen) atoms. The van der Waals surface area contributed by atoms with Crippen molar-refractivity contribution in [3.05, 3.63) is 22.6 Å². The number of hydrogen-bond donors (Lipinski definition) is 1. The molecule has 1 aliphatic heterocycles. The van der Waals surface area contributed by atoms with Crippen molar-refractivity contribution in [1.29, 1.82) is 0 Å². The molecule has 2 heteroatoms. The van der Waals surface area contributed by atoms with Gasteiger partial charge in [0, 0.05) is 17.3 Å². The van der Waals surface area contributed by atoms with Crippen molar-refractivity contribution in [3.63, 3.8) is 0 Å². The maximum atomic E-state index is 3.34. The van der Waals surface area contributed by atoms with Crippen LogP contribution in [-0.4, -0.2) is 12.4 Å². The molecule has 1 saturated heterocycles. The largest absolute Gasteiger partial charge is 0.303 e. The lowest BCUT2D eigenvalue weighted by atomic mass is 10.1. The molecule has 1 N–H and O–H groups in total. The van der Waals surface area contributed by atoms with E-state index in [2.05, 4.69) is 17.5 Å². The van der Waals surface area contributed by atoms with Gasteiger partial charge < -0.3 is 5.32 Å². The molecular formula is C8H11NS. The molecule has 1 heterocycles. The minimum absolute atomic E-state index is 1.08. The molecule has 1 nitrogen and oxygen atoms in total. The summed E-state index contributed by atoms with van der Waals surface area (Å²) in [4.78, 5) is 1.52. The second-order valence-corrected chi connectivity index (χ2v) is 3.61. The summed E-state index contributed by atoms with van der Waals surface area (Å²) in [5, 5.41) is 3.34. The molecule has 0 aromatic heterocycles. The molecule has 1 fully saturated rings. The molecular weight excluding hydrogens is 142 g/mol. The highest BCUT2D eigenvalue weighted by Crippen LogP contribution is 2.30. The van der Waals surface area contributed by atoms with Gasteiger partial charge in [0.05, 0.1) is 0 Å². The summed E-state index contributed by atoms with van der Waals surface area (Å²) in [6, 6.07) is 0. The maximum Gasteiger partial charge on any atom is 0.0468 e. The fraction of sp³-hybridized carbons (Fsp3) is 0.500. The van der Waals surface area contributed by atoms with Gasteiger partial charge in [-0.3, -0.25) is 0 Å². The van der Waals surface area contributed by atoms with Gasteiger partial charge in [0.2, 0.25) is 0 Å². The number of nitrogens with one attached hydrogen (secondary N) is 1. The molecule has 0 aromatic carbocycles. The highest BCUT2D eigenvalue weighted by atomic mass is 32.2. The van der Waals surface area contributed by atoms with Gasteiger partial charge in [0.25, 0.3) is 0 Å². The van der Waals surface area contributed by atoms with Crippen molar-refractivity contribution in [1.82, 2.24) is 5.32 Å². The summed E-state index contributed by atoms with van der Waals surface area (Å²) in [6.07, 6.45) is 7.20. The Morgan fingerprint density at radius 1 is 1.30 bits per heavy atom. The number of rotatable bonds is 0. The van der Waals surface area contributed by atoms with Crippen LogP contribution in [0.4, 0.5) is 0 Å². The third kappa shape index (κ3) is 1.13. The second-order valence-electron chi connectivity index (χ2n) is 2.59. The summed E-state index contributed by atoms with van der Waals surface area (Å²) in [6.45, 7) is 1.08. The average Bonchev–Trinajstić information content (AvgIpc) is 2.05. The Bertz CT molecular complexity index is 171. The number of thioether (sulfide) groups is 1. The van der Waals surface area contributed by atoms with Gasteiger partial charge in [-0.2, -0.15) is 0 Å². The van der Waals surface area contributed by atoms with Crippen molar-refractivity contribution in [2.75, 3.05) is 12.4 Å². The number of allylic oxidation sites excluding steroid dienone is 2. The quantitative estimate of drug-likeness (QED) is 0.570. The first-order valence-electron chi connectivity index (χ1n) is 3.70. The first kappa shape index (κ1) is 6.50. The van der Waals surface area contributed by atoms with Crippen LogP contribution in [0.2, 0.25) is 0 Å². The first-order chi connectivity index (χ1) is 4.97. The van der Waals surface area contributed by atoms with Crippen LogP contribution in [0.15, 0.2) is 22.6 Å². The minimum Gasteiger partial charge on any atom is -0.303 e. The van der Waals surface area contributed by atoms with Gasteiger partial charge in [-0.25, -0.2) is 0 Å². The molecule has 2 aliphatic rings. The Morgan fingerprint density at radius 2 is 2.20 bits per heavy atom. The van der Waals surface area contributed by atoms with Crippen LogP contribution in [0.5, 0.6) is 0 Å². The predicted molar refractivity (Wildman–Crippen MR) is 45.9 cm³/mol. The van der Waals surface area contributed by atoms with E-state index in [4.69, 9.17) is 0 Å². The SMILES string of the molecule is C1=C2CNCSC2=CCC1. The van der Waals surface area contributed by atoms with Gasteiger partial charge in [-0.15, -0.1) is 11.8 Å². The standard InChI is InChI=1S/C8H11NS/c1-2-4-8-7(3-1)5-9-6-10-8/h3-4,9H,1-2,5-6H2. The Balaban J connectivity index is 2.19. The Hall–Kier alpha value is -0.210. The molecule has 0 spiro atoms. The molecule has 2 rings (SSSR count). The van der Waals surface area contributed by atoms with E-state index >= 15 is 0 Å². The summed E-state index contributed by atoms with van der Waals surface area (Å²) in [5.41, 5.74) is 1.52. The van der Waals surface area contributed by atoms with Crippen molar-refractivity contribution in [3.8, 4) is 0 Å². The maximum absolute atomic E-state index is 3.34. The summed E-state index contributed by atoms with van der Waals surface area (Å²) < 4.78 is 0. The lowest BCUT2D eigenvalue weighted by Gasteiger charge is -2.21. The monoisotopic (exact) mass is 153 g/mol. The Morgan fingerprint density at radius 3 is 3.10 bits per heavy atom. The molecule has 0 bridgehead atoms. The zero-order chi connectivity index (χ0) is 6.81. The molecule has 54 valence electrons. The fourth-order valence-electron chi connectivity index (χ4n) is 1.33. The van der Waals surface area contributed by atoms with Crippen LogP contribution in [0.1, 0.15) is 12.8 Å². The van der Waals surface area contributed by atoms with E-state index in [-0.39, 0.29) is 0 Å². The molecule has 0 atom stereocenters. The van der Waals surface area contributed by atoms with Crippen molar-refractivity contribution >= 4 is 11.8 Å². The third-order valence-corrected chi connectivity index (χ3v) is 2.94. The highest BCUT2D eigenvalue weighted by Gasteiger charge is 2.12. The van der Waals surface area contributed by atoms with Crippen LogP contribution in [0, 0.1) is 0 Å². The van der Waals surface area contributed by atoms with Crippen LogP contribution >= 0.6 is 11.8 Å². The third-order valence-electron chi connectivity index (χ3n) is 1.85. The summed E-state index contributed by atoms with van der Waals surface area (Å²) in [5.74, 6) is 1.09. The Kier molecular flexibility index (Phi) is 1.82. The van der Waals surface area contributed by atoms with Crippen molar-refractivity contribution in [2.45, 2.75) is 12.8 Å². The second kappa shape index (κ2) is 2.81. The summed E-state index contributed by atoms with van der Waals surface area (Å²) in [7, 11) is 0. The molecule has 0 aromatic rings. The van der Waals surface area contributed by atoms with E-state index in [1.54, 1.807) is 0 Å². The van der Waals surface area contributed by atoms with Crippen LogP contribution in [0.25, 0.3) is 0 Å². The van der Waals surface area contributed by atoms with Gasteiger partial charge in [-0.1, -0.05) is 12.2 Å². The molecule has 0 saturated carbocycles. The molecule has 1 aliphatic carbocycles. The van der Waals surface area contributed by atoms with E-state index in [1.807, 2.05) is 11.8 Å². The molecule has 0 unspecified atom stereocenters. The van der Waals surface area contributed by atoms with Gasteiger partial charge >= 0.3 is 0 Å². The van der Waals surface area contributed by atoms with E-state index in [0.29, 0.717) is 0 Å². The lowest BCUT2D eigenvalue weighted by Crippen LogP contribution is -2.22. The topological polar surface area (TPSA) is 12.0 Å². The number of hydrogen-bond acceptors (Lipinski definition) is 2. The zero-order valence-electron chi connectivity index (χ0n) is 5.89. The van der Waals surface area contributed by atoms with E-state index < -0.39 is 0 Å². The van der Waals surface area contributed by atoms with Gasteiger partial charge in [0.1, 0.15) is 0 Å². The van der Waals surface area contributed by atoms with E-state index in [1.165, 1.54) is 23.3 Å². The summed E-state index contributed by atoms with van der Waals surface area (Å²) >= 11 is 1.93. The lowest BCUT2D eigenvalue weighted by molar-refractivity contribution is 0.836. The minimum atomic E-state index is 1.08. The van der Waals surface area contributed by atoms with E-state index in [9.17, 15) is 0 Å². The Labute approximate surface area is 65.6 Å². The first-order valence-corrected chi connectivity index (χ1v) is 4.68. The normalized spacial score (nSPS) is 24.8. The zero-order valence-corrected chi connectivity index (χ0v) is 6.71. The van der Waals surface area contributed by atoms with Crippen LogP contribution in [0.3, 0.4) is 0 Å². The predicted octanol–water partition coefficient (Wildman–Crippen LogP) is 1.88. The number of fused-ring (bicyclic) bond motifs is 1. The van der Waals surface area contributed by atoms with Crippen molar-refractivity contribution in [2.24, 2.45) is 0 Å². The average molecular weight is 153 g/mol. The van der Waals surface area contributed by atoms with Gasteiger partial charge in [-0.05, 0) is 18.4 Å². The van der Waals surface area contributed by atoms with E-state index in [0.717, 1.165) is 12.4 Å². The molecule has 0 radical (unpaired) electrons. The smallest absolute Gasteiger partial charge is 0.0468 e. The highest BCUT2D eigenvalue weighted by molar-refractivity contribution is 8.03.